The Balaban J connectivity index is 1.22. The maximum absolute atomic E-state index is 2.59. The lowest BCUT2D eigenvalue weighted by molar-refractivity contribution is 0.795. The van der Waals surface area contributed by atoms with Crippen molar-refractivity contribution in [2.75, 3.05) is 0 Å². The molecule has 262 valence electrons. The Kier molecular flexibility index (Phi) is 6.19. The second-order valence-electron chi connectivity index (χ2n) is 15.9. The van der Waals surface area contributed by atoms with E-state index in [9.17, 15) is 0 Å². The van der Waals surface area contributed by atoms with Gasteiger partial charge in [-0.1, -0.05) is 182 Å². The highest BCUT2D eigenvalue weighted by atomic mass is 14.5. The average Bonchev–Trinajstić information content (AvgIpc) is 3.74. The molecular formula is C57H34. The molecule has 11 aromatic rings. The van der Waals surface area contributed by atoms with E-state index in [4.69, 9.17) is 0 Å². The van der Waals surface area contributed by atoms with Crippen molar-refractivity contribution >= 4 is 53.9 Å². The van der Waals surface area contributed by atoms with E-state index >= 15 is 0 Å². The normalized spacial score (nSPS) is 13.4. The Morgan fingerprint density at radius 1 is 0.228 bits per heavy atom. The van der Waals surface area contributed by atoms with Crippen LogP contribution in [-0.2, 0) is 5.41 Å². The highest BCUT2D eigenvalue weighted by Crippen LogP contribution is 2.65. The van der Waals surface area contributed by atoms with Gasteiger partial charge in [-0.15, -0.1) is 0 Å². The van der Waals surface area contributed by atoms with Crippen LogP contribution in [0.5, 0.6) is 0 Å². The van der Waals surface area contributed by atoms with Crippen LogP contribution >= 0.6 is 0 Å². The molecule has 0 aromatic heterocycles. The fourth-order valence-corrected chi connectivity index (χ4v) is 11.0. The van der Waals surface area contributed by atoms with E-state index in [1.165, 1.54) is 121 Å². The molecule has 11 aromatic carbocycles. The van der Waals surface area contributed by atoms with E-state index in [-0.39, 0.29) is 0 Å². The van der Waals surface area contributed by atoms with Gasteiger partial charge in [0, 0.05) is 0 Å². The number of hydrogen-bond donors (Lipinski definition) is 0. The van der Waals surface area contributed by atoms with Crippen LogP contribution in [0.25, 0.3) is 98.4 Å². The maximum Gasteiger partial charge on any atom is 0.0726 e. The van der Waals surface area contributed by atoms with Crippen LogP contribution in [-0.4, -0.2) is 0 Å². The zero-order chi connectivity index (χ0) is 37.2. The van der Waals surface area contributed by atoms with Gasteiger partial charge < -0.3 is 0 Å². The maximum atomic E-state index is 2.59. The van der Waals surface area contributed by atoms with Crippen LogP contribution in [0.3, 0.4) is 0 Å². The molecule has 0 heteroatoms. The summed E-state index contributed by atoms with van der Waals surface area (Å²) in [5.41, 5.74) is 15.3. The number of hydrogen-bond acceptors (Lipinski definition) is 0. The highest BCUT2D eigenvalue weighted by Gasteiger charge is 2.52. The Morgan fingerprint density at radius 3 is 1.21 bits per heavy atom. The lowest BCUT2D eigenvalue weighted by atomic mass is 9.69. The molecule has 0 saturated heterocycles. The van der Waals surface area contributed by atoms with Crippen molar-refractivity contribution in [3.63, 3.8) is 0 Å². The van der Waals surface area contributed by atoms with E-state index in [0.717, 1.165) is 0 Å². The van der Waals surface area contributed by atoms with Gasteiger partial charge in [0.1, 0.15) is 0 Å². The standard InChI is InChI=1S/C57H34/c1-5-19-40-35(15-1)31-36-16-2-6-20-41(36)54(40)39-29-30-48-52(33-39)57(50-27-13-11-24-45(50)46-25-12-14-28-51(46)57)53-34-49(44-23-9-10-26-47(44)56(48)53)55-42-21-7-3-17-37(42)32-38-18-4-8-22-43(38)55/h1-34H. The predicted octanol–water partition coefficient (Wildman–Crippen LogP) is 15.1. The minimum atomic E-state index is -0.520. The topological polar surface area (TPSA) is 0 Å². The molecule has 2 aliphatic carbocycles. The van der Waals surface area contributed by atoms with Crippen molar-refractivity contribution in [3.8, 4) is 44.5 Å². The first kappa shape index (κ1) is 31.0. The van der Waals surface area contributed by atoms with E-state index in [0.29, 0.717) is 0 Å². The molecule has 0 amide bonds. The minimum Gasteiger partial charge on any atom is -0.0619 e. The molecule has 0 heterocycles. The molecular weight excluding hydrogens is 685 g/mol. The Morgan fingerprint density at radius 2 is 0.667 bits per heavy atom. The summed E-state index contributed by atoms with van der Waals surface area (Å²) in [6.07, 6.45) is 0. The van der Waals surface area contributed by atoms with Gasteiger partial charge in [-0.05, 0) is 145 Å². The third-order valence-corrected chi connectivity index (χ3v) is 13.2. The van der Waals surface area contributed by atoms with Crippen LogP contribution in [0.4, 0.5) is 0 Å². The molecule has 0 radical (unpaired) electrons. The van der Waals surface area contributed by atoms with Crippen molar-refractivity contribution in [1.29, 1.82) is 0 Å². The van der Waals surface area contributed by atoms with Gasteiger partial charge in [-0.2, -0.15) is 0 Å². The predicted molar refractivity (Wildman–Crippen MR) is 241 cm³/mol. The van der Waals surface area contributed by atoms with Gasteiger partial charge in [-0.3, -0.25) is 0 Å². The van der Waals surface area contributed by atoms with Crippen molar-refractivity contribution in [2.24, 2.45) is 0 Å². The molecule has 0 nitrogen and oxygen atoms in total. The first-order chi connectivity index (χ1) is 28.3. The number of benzene rings is 11. The molecule has 0 saturated carbocycles. The molecule has 2 aliphatic rings. The lowest BCUT2D eigenvalue weighted by Gasteiger charge is -2.31. The number of rotatable bonds is 2. The first-order valence-electron chi connectivity index (χ1n) is 20.0. The average molecular weight is 719 g/mol. The van der Waals surface area contributed by atoms with Crippen LogP contribution < -0.4 is 0 Å². The van der Waals surface area contributed by atoms with Crippen LogP contribution in [0.1, 0.15) is 22.3 Å². The Bertz CT molecular complexity index is 3370. The summed E-state index contributed by atoms with van der Waals surface area (Å²) >= 11 is 0. The quantitative estimate of drug-likeness (QED) is 0.156. The Labute approximate surface area is 330 Å². The fourth-order valence-electron chi connectivity index (χ4n) is 11.0. The lowest BCUT2D eigenvalue weighted by Crippen LogP contribution is -2.26. The van der Waals surface area contributed by atoms with Crippen molar-refractivity contribution in [1.82, 2.24) is 0 Å². The summed E-state index contributed by atoms with van der Waals surface area (Å²) in [5.74, 6) is 0. The molecule has 1 spiro atoms. The summed E-state index contributed by atoms with van der Waals surface area (Å²) in [6, 6.07) is 77.8. The summed E-state index contributed by atoms with van der Waals surface area (Å²) in [7, 11) is 0. The molecule has 0 N–H and O–H groups in total. The summed E-state index contributed by atoms with van der Waals surface area (Å²) < 4.78 is 0. The molecule has 0 aliphatic heterocycles. The largest absolute Gasteiger partial charge is 0.0726 e. The van der Waals surface area contributed by atoms with Gasteiger partial charge in [0.2, 0.25) is 0 Å². The van der Waals surface area contributed by atoms with E-state index in [1.807, 2.05) is 0 Å². The second kappa shape index (κ2) is 11.4. The zero-order valence-corrected chi connectivity index (χ0v) is 31.1. The highest BCUT2D eigenvalue weighted by molar-refractivity contribution is 6.20. The molecule has 0 bridgehead atoms. The molecule has 0 unspecified atom stereocenters. The number of fused-ring (bicyclic) bond motifs is 16. The van der Waals surface area contributed by atoms with Gasteiger partial charge >= 0.3 is 0 Å². The summed E-state index contributed by atoms with van der Waals surface area (Å²) in [4.78, 5) is 0. The van der Waals surface area contributed by atoms with E-state index in [1.54, 1.807) is 0 Å². The van der Waals surface area contributed by atoms with Gasteiger partial charge in [0.05, 0.1) is 5.41 Å². The molecule has 57 heavy (non-hydrogen) atoms. The second-order valence-corrected chi connectivity index (χ2v) is 15.9. The van der Waals surface area contributed by atoms with Crippen molar-refractivity contribution in [3.05, 3.63) is 229 Å². The van der Waals surface area contributed by atoms with Gasteiger partial charge in [0.25, 0.3) is 0 Å². The summed E-state index contributed by atoms with van der Waals surface area (Å²) in [6.45, 7) is 0. The van der Waals surface area contributed by atoms with Gasteiger partial charge in [-0.25, -0.2) is 0 Å². The third-order valence-electron chi connectivity index (χ3n) is 13.2. The molecule has 13 rings (SSSR count). The van der Waals surface area contributed by atoms with Gasteiger partial charge in [0.15, 0.2) is 0 Å². The first-order valence-corrected chi connectivity index (χ1v) is 20.0. The van der Waals surface area contributed by atoms with Crippen LogP contribution in [0.2, 0.25) is 0 Å². The SMILES string of the molecule is c1ccc2c(c1)-c1ccccc1C21c2cc(-c3c4ccccc4cc4ccccc34)ccc2-c2c1cc(-c1c3ccccc3cc3ccccc13)c1ccccc21. The van der Waals surface area contributed by atoms with E-state index in [2.05, 4.69) is 206 Å². The molecule has 0 fully saturated rings. The summed E-state index contributed by atoms with van der Waals surface area (Å²) in [5, 5.41) is 12.8. The van der Waals surface area contributed by atoms with Crippen LogP contribution in [0, 0.1) is 0 Å². The minimum absolute atomic E-state index is 0.520. The van der Waals surface area contributed by atoms with Crippen molar-refractivity contribution in [2.45, 2.75) is 5.41 Å². The van der Waals surface area contributed by atoms with E-state index < -0.39 is 5.41 Å². The van der Waals surface area contributed by atoms with Crippen LogP contribution in [0.15, 0.2) is 206 Å². The Hall–Kier alpha value is -7.28. The zero-order valence-electron chi connectivity index (χ0n) is 31.1. The molecule has 0 atom stereocenters. The smallest absolute Gasteiger partial charge is 0.0619 e. The third kappa shape index (κ3) is 4.02. The monoisotopic (exact) mass is 718 g/mol. The fraction of sp³-hybridized carbons (Fsp3) is 0.0175. The van der Waals surface area contributed by atoms with Crippen molar-refractivity contribution < 1.29 is 0 Å².